The zero-order chi connectivity index (χ0) is 12.4. The smallest absolute Gasteiger partial charge is 0.272 e. The van der Waals surface area contributed by atoms with Crippen LogP contribution in [0.3, 0.4) is 0 Å². The van der Waals surface area contributed by atoms with Crippen molar-refractivity contribution in [3.8, 4) is 6.07 Å². The standard InChI is InChI=1S/C11H10ClN3O2/c12-10-6-9(15(16)17)5-8(7-13)11(10)14-3-1-2-4-14/h5-6H,1-4H2. The molecule has 0 unspecified atom stereocenters. The van der Waals surface area contributed by atoms with E-state index < -0.39 is 4.92 Å². The monoisotopic (exact) mass is 251 g/mol. The van der Waals surface area contributed by atoms with Gasteiger partial charge < -0.3 is 4.90 Å². The second kappa shape index (κ2) is 4.60. The summed E-state index contributed by atoms with van der Waals surface area (Å²) in [6.07, 6.45) is 2.11. The molecular formula is C11H10ClN3O2. The van der Waals surface area contributed by atoms with Crippen LogP contribution in [-0.4, -0.2) is 18.0 Å². The number of nitriles is 1. The number of nitro groups is 1. The van der Waals surface area contributed by atoms with E-state index >= 15 is 0 Å². The Morgan fingerprint density at radius 1 is 1.41 bits per heavy atom. The Labute approximate surface area is 103 Å². The van der Waals surface area contributed by atoms with Crippen LogP contribution in [-0.2, 0) is 0 Å². The van der Waals surface area contributed by atoms with Crippen molar-refractivity contribution in [3.05, 3.63) is 32.8 Å². The molecule has 0 aliphatic carbocycles. The van der Waals surface area contributed by atoms with Crippen molar-refractivity contribution in [2.24, 2.45) is 0 Å². The molecule has 1 fully saturated rings. The minimum atomic E-state index is -0.541. The number of anilines is 1. The van der Waals surface area contributed by atoms with Gasteiger partial charge in [-0.3, -0.25) is 10.1 Å². The summed E-state index contributed by atoms with van der Waals surface area (Å²) in [5.74, 6) is 0. The molecule has 1 aromatic rings. The molecule has 1 saturated heterocycles. The maximum absolute atomic E-state index is 10.7. The molecule has 0 saturated carbocycles. The normalized spacial score (nSPS) is 14.7. The van der Waals surface area contributed by atoms with Crippen LogP contribution >= 0.6 is 11.6 Å². The highest BCUT2D eigenvalue weighted by atomic mass is 35.5. The fourth-order valence-corrected chi connectivity index (χ4v) is 2.37. The molecule has 2 rings (SSSR count). The molecule has 5 nitrogen and oxygen atoms in total. The highest BCUT2D eigenvalue weighted by Crippen LogP contribution is 2.35. The van der Waals surface area contributed by atoms with E-state index in [0.717, 1.165) is 25.9 Å². The molecule has 1 heterocycles. The largest absolute Gasteiger partial charge is 0.369 e. The fourth-order valence-electron chi connectivity index (χ4n) is 2.04. The predicted octanol–water partition coefficient (Wildman–Crippen LogP) is 2.72. The van der Waals surface area contributed by atoms with Crippen molar-refractivity contribution in [1.82, 2.24) is 0 Å². The van der Waals surface area contributed by atoms with Crippen molar-refractivity contribution in [2.75, 3.05) is 18.0 Å². The molecule has 0 aromatic heterocycles. The van der Waals surface area contributed by atoms with Crippen molar-refractivity contribution in [3.63, 3.8) is 0 Å². The third kappa shape index (κ3) is 2.17. The zero-order valence-electron chi connectivity index (χ0n) is 9.02. The number of rotatable bonds is 2. The molecule has 17 heavy (non-hydrogen) atoms. The third-order valence-corrected chi connectivity index (χ3v) is 3.09. The van der Waals surface area contributed by atoms with E-state index in [1.54, 1.807) is 0 Å². The van der Waals surface area contributed by atoms with E-state index in [2.05, 4.69) is 0 Å². The average Bonchev–Trinajstić information content (AvgIpc) is 2.80. The van der Waals surface area contributed by atoms with Gasteiger partial charge in [0.15, 0.2) is 0 Å². The molecule has 0 bridgehead atoms. The summed E-state index contributed by atoms with van der Waals surface area (Å²) in [7, 11) is 0. The van der Waals surface area contributed by atoms with Crippen molar-refractivity contribution < 1.29 is 4.92 Å². The Bertz CT molecular complexity index is 504. The number of hydrogen-bond donors (Lipinski definition) is 0. The van der Waals surface area contributed by atoms with Crippen molar-refractivity contribution >= 4 is 23.0 Å². The minimum Gasteiger partial charge on any atom is -0.369 e. The lowest BCUT2D eigenvalue weighted by molar-refractivity contribution is -0.384. The van der Waals surface area contributed by atoms with Crippen LogP contribution < -0.4 is 4.90 Å². The highest BCUT2D eigenvalue weighted by molar-refractivity contribution is 6.33. The summed E-state index contributed by atoms with van der Waals surface area (Å²) in [5, 5.41) is 20.0. The number of nitro benzene ring substituents is 1. The Morgan fingerprint density at radius 2 is 2.06 bits per heavy atom. The number of halogens is 1. The molecule has 88 valence electrons. The number of nitrogens with zero attached hydrogens (tertiary/aromatic N) is 3. The first kappa shape index (κ1) is 11.7. The average molecular weight is 252 g/mol. The fraction of sp³-hybridized carbons (Fsp3) is 0.364. The molecule has 6 heteroatoms. The number of benzene rings is 1. The molecular weight excluding hydrogens is 242 g/mol. The Morgan fingerprint density at radius 3 is 2.59 bits per heavy atom. The van der Waals surface area contributed by atoms with Crippen molar-refractivity contribution in [2.45, 2.75) is 12.8 Å². The van der Waals surface area contributed by atoms with Gasteiger partial charge in [0.05, 0.1) is 21.2 Å². The molecule has 1 aromatic carbocycles. The van der Waals surface area contributed by atoms with Crippen LogP contribution in [0.25, 0.3) is 0 Å². The van der Waals surface area contributed by atoms with Crippen LogP contribution in [0.1, 0.15) is 18.4 Å². The SMILES string of the molecule is N#Cc1cc([N+](=O)[O-])cc(Cl)c1N1CCCC1. The van der Waals surface area contributed by atoms with Crippen LogP contribution in [0.5, 0.6) is 0 Å². The van der Waals surface area contributed by atoms with Gasteiger partial charge in [-0.2, -0.15) is 5.26 Å². The highest BCUT2D eigenvalue weighted by Gasteiger charge is 2.22. The zero-order valence-corrected chi connectivity index (χ0v) is 9.78. The molecule has 1 aliphatic rings. The molecule has 0 N–H and O–H groups in total. The summed E-state index contributed by atoms with van der Waals surface area (Å²) in [4.78, 5) is 12.1. The lowest BCUT2D eigenvalue weighted by Gasteiger charge is -2.20. The van der Waals surface area contributed by atoms with Crippen LogP contribution in [0.15, 0.2) is 12.1 Å². The van der Waals surface area contributed by atoms with Gasteiger partial charge in [0.25, 0.3) is 5.69 Å². The van der Waals surface area contributed by atoms with Gasteiger partial charge in [0.2, 0.25) is 0 Å². The Hall–Kier alpha value is -1.80. The van der Waals surface area contributed by atoms with E-state index in [-0.39, 0.29) is 16.3 Å². The Kier molecular flexibility index (Phi) is 3.16. The van der Waals surface area contributed by atoms with Gasteiger partial charge in [-0.1, -0.05) is 11.6 Å². The quantitative estimate of drug-likeness (QED) is 0.599. The first-order valence-electron chi connectivity index (χ1n) is 5.26. The summed E-state index contributed by atoms with van der Waals surface area (Å²) in [6.45, 7) is 1.68. The van der Waals surface area contributed by atoms with E-state index in [1.807, 2.05) is 11.0 Å². The van der Waals surface area contributed by atoms with Crippen LogP contribution in [0.4, 0.5) is 11.4 Å². The van der Waals surface area contributed by atoms with Crippen LogP contribution in [0, 0.1) is 21.4 Å². The number of hydrogen-bond acceptors (Lipinski definition) is 4. The lowest BCUT2D eigenvalue weighted by Crippen LogP contribution is -2.19. The minimum absolute atomic E-state index is 0.144. The Balaban J connectivity index is 2.51. The third-order valence-electron chi connectivity index (χ3n) is 2.80. The van der Waals surface area contributed by atoms with E-state index in [1.165, 1.54) is 12.1 Å². The molecule has 0 atom stereocenters. The van der Waals surface area contributed by atoms with Gasteiger partial charge in [0, 0.05) is 25.2 Å². The first-order valence-corrected chi connectivity index (χ1v) is 5.64. The van der Waals surface area contributed by atoms with Gasteiger partial charge in [-0.15, -0.1) is 0 Å². The summed E-state index contributed by atoms with van der Waals surface area (Å²) in [6, 6.07) is 4.56. The van der Waals surface area contributed by atoms with Gasteiger partial charge in [-0.05, 0) is 12.8 Å². The number of non-ortho nitro benzene ring substituents is 1. The summed E-state index contributed by atoms with van der Waals surface area (Å²) in [5.41, 5.74) is 0.748. The van der Waals surface area contributed by atoms with E-state index in [0.29, 0.717) is 5.69 Å². The molecule has 0 spiro atoms. The van der Waals surface area contributed by atoms with Crippen molar-refractivity contribution in [1.29, 1.82) is 5.26 Å². The maximum atomic E-state index is 10.7. The second-order valence-electron chi connectivity index (χ2n) is 3.89. The van der Waals surface area contributed by atoms with Crippen LogP contribution in [0.2, 0.25) is 5.02 Å². The maximum Gasteiger partial charge on any atom is 0.272 e. The van der Waals surface area contributed by atoms with E-state index in [4.69, 9.17) is 16.9 Å². The molecule has 0 amide bonds. The van der Waals surface area contributed by atoms with Gasteiger partial charge in [0.1, 0.15) is 6.07 Å². The molecule has 0 radical (unpaired) electrons. The summed E-state index contributed by atoms with van der Waals surface area (Å²) >= 11 is 6.04. The first-order chi connectivity index (χ1) is 8.13. The molecule has 1 aliphatic heterocycles. The predicted molar refractivity (Wildman–Crippen MR) is 64.3 cm³/mol. The summed E-state index contributed by atoms with van der Waals surface area (Å²) < 4.78 is 0. The van der Waals surface area contributed by atoms with E-state index in [9.17, 15) is 10.1 Å². The lowest BCUT2D eigenvalue weighted by atomic mass is 10.1. The topological polar surface area (TPSA) is 70.2 Å². The van der Waals surface area contributed by atoms with Gasteiger partial charge in [-0.25, -0.2) is 0 Å². The van der Waals surface area contributed by atoms with Gasteiger partial charge >= 0.3 is 0 Å². The second-order valence-corrected chi connectivity index (χ2v) is 4.29.